The molecule has 0 aromatic carbocycles. The average molecular weight is 248 g/mol. The van der Waals surface area contributed by atoms with Crippen LogP contribution in [-0.2, 0) is 26.6 Å². The largest absolute Gasteiger partial charge is 0.309 e. The van der Waals surface area contributed by atoms with Gasteiger partial charge in [0.05, 0.1) is 6.54 Å². The van der Waals surface area contributed by atoms with Crippen molar-refractivity contribution in [2.75, 3.05) is 6.54 Å². The summed E-state index contributed by atoms with van der Waals surface area (Å²) in [6.45, 7) is 4.75. The first-order chi connectivity index (χ1) is 8.81. The molecule has 0 aliphatic heterocycles. The molecule has 0 unspecified atom stereocenters. The average Bonchev–Trinajstić information content (AvgIpc) is 2.95. The lowest BCUT2D eigenvalue weighted by atomic mass is 10.3. The fraction of sp³-hybridized carbons (Fsp3) is 0.583. The highest BCUT2D eigenvalue weighted by atomic mass is 15.3. The molecule has 1 N–H and O–H groups in total. The maximum atomic E-state index is 4.26. The van der Waals surface area contributed by atoms with Gasteiger partial charge in [0.2, 0.25) is 0 Å². The topological polar surface area (TPSA) is 60.6 Å². The summed E-state index contributed by atoms with van der Waals surface area (Å²) in [5.74, 6) is 1.00. The van der Waals surface area contributed by atoms with E-state index in [-0.39, 0.29) is 0 Å². The van der Waals surface area contributed by atoms with Gasteiger partial charge in [-0.2, -0.15) is 10.2 Å². The van der Waals surface area contributed by atoms with E-state index < -0.39 is 0 Å². The fourth-order valence-corrected chi connectivity index (χ4v) is 1.89. The maximum Gasteiger partial charge on any atom is 0.140 e. The standard InChI is InChI=1S/C12H20N6/c1-3-8-18-12(14-10-16-18)9-13-6-4-11-5-7-15-17(11)2/h5,7,10,13H,3-4,6,8-9H2,1-2H3. The molecular weight excluding hydrogens is 228 g/mol. The third-order valence-electron chi connectivity index (χ3n) is 2.89. The molecule has 2 rings (SSSR count). The number of nitrogens with one attached hydrogen (secondary N) is 1. The molecule has 2 heterocycles. The SMILES string of the molecule is CCCn1ncnc1CNCCc1ccnn1C. The highest BCUT2D eigenvalue weighted by Crippen LogP contribution is 1.98. The second-order valence-corrected chi connectivity index (χ2v) is 4.27. The molecule has 2 aromatic rings. The molecule has 6 nitrogen and oxygen atoms in total. The fourth-order valence-electron chi connectivity index (χ4n) is 1.89. The number of hydrogen-bond acceptors (Lipinski definition) is 4. The summed E-state index contributed by atoms with van der Waals surface area (Å²) in [5, 5.41) is 11.7. The number of aromatic nitrogens is 5. The van der Waals surface area contributed by atoms with Crippen molar-refractivity contribution < 1.29 is 0 Å². The molecule has 0 amide bonds. The summed E-state index contributed by atoms with van der Waals surface area (Å²) >= 11 is 0. The first kappa shape index (κ1) is 12.8. The Morgan fingerprint density at radius 1 is 1.33 bits per heavy atom. The molecule has 0 fully saturated rings. The molecule has 18 heavy (non-hydrogen) atoms. The lowest BCUT2D eigenvalue weighted by molar-refractivity contribution is 0.540. The van der Waals surface area contributed by atoms with Crippen LogP contribution in [0.25, 0.3) is 0 Å². The van der Waals surface area contributed by atoms with Crippen LogP contribution in [0.5, 0.6) is 0 Å². The summed E-state index contributed by atoms with van der Waals surface area (Å²) in [6, 6.07) is 2.04. The van der Waals surface area contributed by atoms with Crippen LogP contribution in [0.4, 0.5) is 0 Å². The van der Waals surface area contributed by atoms with Crippen molar-refractivity contribution in [1.29, 1.82) is 0 Å². The number of rotatable bonds is 7. The number of hydrogen-bond donors (Lipinski definition) is 1. The Hall–Kier alpha value is -1.69. The van der Waals surface area contributed by atoms with E-state index in [4.69, 9.17) is 0 Å². The molecule has 0 aliphatic rings. The van der Waals surface area contributed by atoms with Gasteiger partial charge in [0.15, 0.2) is 0 Å². The lowest BCUT2D eigenvalue weighted by Gasteiger charge is -2.06. The van der Waals surface area contributed by atoms with Crippen LogP contribution in [-0.4, -0.2) is 31.1 Å². The Morgan fingerprint density at radius 3 is 2.94 bits per heavy atom. The van der Waals surface area contributed by atoms with Gasteiger partial charge in [-0.1, -0.05) is 6.92 Å². The van der Waals surface area contributed by atoms with Crippen molar-refractivity contribution in [2.45, 2.75) is 32.9 Å². The van der Waals surface area contributed by atoms with Crippen LogP contribution in [0.2, 0.25) is 0 Å². The van der Waals surface area contributed by atoms with Gasteiger partial charge in [-0.15, -0.1) is 0 Å². The van der Waals surface area contributed by atoms with Crippen molar-refractivity contribution in [3.63, 3.8) is 0 Å². The summed E-state index contributed by atoms with van der Waals surface area (Å²) < 4.78 is 3.86. The van der Waals surface area contributed by atoms with E-state index in [1.807, 2.05) is 28.7 Å². The normalized spacial score (nSPS) is 11.0. The molecule has 98 valence electrons. The molecule has 0 atom stereocenters. The Labute approximate surface area is 107 Å². The molecule has 0 spiro atoms. The molecule has 2 aromatic heterocycles. The van der Waals surface area contributed by atoms with Crippen LogP contribution < -0.4 is 5.32 Å². The van der Waals surface area contributed by atoms with E-state index >= 15 is 0 Å². The highest BCUT2D eigenvalue weighted by molar-refractivity contribution is 5.00. The van der Waals surface area contributed by atoms with Gasteiger partial charge in [-0.3, -0.25) is 4.68 Å². The van der Waals surface area contributed by atoms with Crippen LogP contribution in [0.3, 0.4) is 0 Å². The lowest BCUT2D eigenvalue weighted by Crippen LogP contribution is -2.21. The van der Waals surface area contributed by atoms with Crippen molar-refractivity contribution in [3.8, 4) is 0 Å². The maximum absolute atomic E-state index is 4.26. The second-order valence-electron chi connectivity index (χ2n) is 4.27. The van der Waals surface area contributed by atoms with Crippen molar-refractivity contribution >= 4 is 0 Å². The van der Waals surface area contributed by atoms with E-state index in [0.717, 1.165) is 38.3 Å². The molecule has 0 saturated heterocycles. The molecule has 0 aliphatic carbocycles. The van der Waals surface area contributed by atoms with E-state index in [1.54, 1.807) is 6.33 Å². The van der Waals surface area contributed by atoms with Crippen molar-refractivity contribution in [1.82, 2.24) is 29.9 Å². The Bertz CT molecular complexity index is 472. The zero-order valence-electron chi connectivity index (χ0n) is 11.0. The predicted molar refractivity (Wildman–Crippen MR) is 68.9 cm³/mol. The van der Waals surface area contributed by atoms with E-state index in [1.165, 1.54) is 5.69 Å². The van der Waals surface area contributed by atoms with Crippen LogP contribution in [0, 0.1) is 0 Å². The summed E-state index contributed by atoms with van der Waals surface area (Å²) in [7, 11) is 1.97. The van der Waals surface area contributed by atoms with Gasteiger partial charge >= 0.3 is 0 Å². The smallest absolute Gasteiger partial charge is 0.140 e. The third kappa shape index (κ3) is 3.16. The zero-order valence-corrected chi connectivity index (χ0v) is 11.0. The molecule has 0 bridgehead atoms. The minimum Gasteiger partial charge on any atom is -0.309 e. The Morgan fingerprint density at radius 2 is 2.22 bits per heavy atom. The first-order valence-corrected chi connectivity index (χ1v) is 6.35. The van der Waals surface area contributed by atoms with Gasteiger partial charge < -0.3 is 5.32 Å². The molecule has 6 heteroatoms. The van der Waals surface area contributed by atoms with Crippen molar-refractivity contribution in [2.24, 2.45) is 7.05 Å². The number of aryl methyl sites for hydroxylation is 2. The van der Waals surface area contributed by atoms with Crippen LogP contribution in [0.1, 0.15) is 24.9 Å². The summed E-state index contributed by atoms with van der Waals surface area (Å²) in [6.07, 6.45) is 5.49. The first-order valence-electron chi connectivity index (χ1n) is 6.35. The second kappa shape index (κ2) is 6.30. The molecule has 0 saturated carbocycles. The van der Waals surface area contributed by atoms with Gasteiger partial charge in [0, 0.05) is 38.4 Å². The molecule has 0 radical (unpaired) electrons. The minimum absolute atomic E-state index is 0.762. The summed E-state index contributed by atoms with van der Waals surface area (Å²) in [4.78, 5) is 4.26. The van der Waals surface area contributed by atoms with Gasteiger partial charge in [-0.05, 0) is 12.5 Å². The highest BCUT2D eigenvalue weighted by Gasteiger charge is 2.03. The molecular formula is C12H20N6. The third-order valence-corrected chi connectivity index (χ3v) is 2.89. The van der Waals surface area contributed by atoms with E-state index in [9.17, 15) is 0 Å². The quantitative estimate of drug-likeness (QED) is 0.735. The van der Waals surface area contributed by atoms with Crippen LogP contribution in [0.15, 0.2) is 18.6 Å². The van der Waals surface area contributed by atoms with Crippen molar-refractivity contribution in [3.05, 3.63) is 30.1 Å². The Kier molecular flexibility index (Phi) is 4.46. The monoisotopic (exact) mass is 248 g/mol. The van der Waals surface area contributed by atoms with Crippen LogP contribution >= 0.6 is 0 Å². The van der Waals surface area contributed by atoms with E-state index in [2.05, 4.69) is 27.4 Å². The van der Waals surface area contributed by atoms with Gasteiger partial charge in [0.1, 0.15) is 12.2 Å². The van der Waals surface area contributed by atoms with E-state index in [0.29, 0.717) is 0 Å². The zero-order chi connectivity index (χ0) is 12.8. The summed E-state index contributed by atoms with van der Waals surface area (Å²) in [5.41, 5.74) is 1.23. The number of nitrogens with zero attached hydrogens (tertiary/aromatic N) is 5. The van der Waals surface area contributed by atoms with Gasteiger partial charge in [0.25, 0.3) is 0 Å². The Balaban J connectivity index is 1.75. The predicted octanol–water partition coefficient (Wildman–Crippen LogP) is 0.754. The minimum atomic E-state index is 0.762. The van der Waals surface area contributed by atoms with Gasteiger partial charge in [-0.25, -0.2) is 9.67 Å².